The van der Waals surface area contributed by atoms with Gasteiger partial charge in [0.1, 0.15) is 5.60 Å². The summed E-state index contributed by atoms with van der Waals surface area (Å²) >= 11 is 6.84. The molecule has 2 aliphatic carbocycles. The average Bonchev–Trinajstić information content (AvgIpc) is 2.63. The van der Waals surface area contributed by atoms with Crippen molar-refractivity contribution >= 4 is 50.4 Å². The lowest BCUT2D eigenvalue weighted by Gasteiger charge is -2.43. The molecule has 1 amide bonds. The van der Waals surface area contributed by atoms with Crippen molar-refractivity contribution in [3.63, 3.8) is 0 Å². The standard InChI is InChI=1S/C15H20BrNO2.C10H12BrN.ClH/c1-14(2,3)19-13(18)17-15(9-4-10-15)11-5-7-12(16)8-6-11;11-9-4-2-8(3-5-9)10(12)6-1-7-10;/h5-8H,4,9-10H2,1-3H3,(H,17,18);2-5H,1,6-7,12H2;1H. The first-order chi connectivity index (χ1) is 14.5. The lowest BCUT2D eigenvalue weighted by atomic mass is 9.72. The van der Waals surface area contributed by atoms with Gasteiger partial charge in [-0.15, -0.1) is 12.4 Å². The smallest absolute Gasteiger partial charge is 0.408 e. The molecular formula is C25H33Br2ClN2O2. The van der Waals surface area contributed by atoms with Gasteiger partial charge in [0.05, 0.1) is 5.54 Å². The van der Waals surface area contributed by atoms with Crippen LogP contribution < -0.4 is 11.1 Å². The van der Waals surface area contributed by atoms with Crippen molar-refractivity contribution in [1.29, 1.82) is 0 Å². The Morgan fingerprint density at radius 2 is 1.31 bits per heavy atom. The van der Waals surface area contributed by atoms with Gasteiger partial charge in [0.2, 0.25) is 0 Å². The molecule has 7 heteroatoms. The molecular weight excluding hydrogens is 556 g/mol. The summed E-state index contributed by atoms with van der Waals surface area (Å²) in [5.41, 5.74) is 7.86. The molecule has 4 nitrogen and oxygen atoms in total. The summed E-state index contributed by atoms with van der Waals surface area (Å²) < 4.78 is 7.52. The molecule has 0 unspecified atom stereocenters. The largest absolute Gasteiger partial charge is 0.444 e. The maximum absolute atomic E-state index is 12.0. The normalized spacial score (nSPS) is 17.9. The first-order valence-corrected chi connectivity index (χ1v) is 12.4. The first kappa shape index (κ1) is 27.2. The van der Waals surface area contributed by atoms with Crippen LogP contribution in [0, 0.1) is 0 Å². The van der Waals surface area contributed by atoms with E-state index >= 15 is 0 Å². The Bertz CT molecular complexity index is 888. The molecule has 2 aromatic rings. The second-order valence-corrected chi connectivity index (χ2v) is 11.4. The summed E-state index contributed by atoms with van der Waals surface area (Å²) in [6.07, 6.45) is 6.26. The van der Waals surface area contributed by atoms with Crippen LogP contribution in [0.2, 0.25) is 0 Å². The Morgan fingerprint density at radius 1 is 0.875 bits per heavy atom. The van der Waals surface area contributed by atoms with Crippen molar-refractivity contribution in [2.75, 3.05) is 0 Å². The number of rotatable bonds is 3. The Labute approximate surface area is 214 Å². The van der Waals surface area contributed by atoms with E-state index in [9.17, 15) is 4.79 Å². The lowest BCUT2D eigenvalue weighted by Crippen LogP contribution is -2.52. The molecule has 0 aromatic heterocycles. The Kier molecular flexibility index (Phi) is 9.25. The number of halogens is 3. The van der Waals surface area contributed by atoms with E-state index in [2.05, 4.69) is 73.6 Å². The van der Waals surface area contributed by atoms with E-state index in [0.29, 0.717) is 0 Å². The SMILES string of the molecule is CC(C)(C)OC(=O)NC1(c2ccc(Br)cc2)CCC1.Cl.NC1(c2ccc(Br)cc2)CCC1. The highest BCUT2D eigenvalue weighted by atomic mass is 79.9. The Morgan fingerprint density at radius 3 is 1.66 bits per heavy atom. The predicted octanol–water partition coefficient (Wildman–Crippen LogP) is 7.56. The summed E-state index contributed by atoms with van der Waals surface area (Å²) in [6.45, 7) is 5.62. The van der Waals surface area contributed by atoms with Gasteiger partial charge in [0, 0.05) is 14.5 Å². The van der Waals surface area contributed by atoms with E-state index in [4.69, 9.17) is 10.5 Å². The van der Waals surface area contributed by atoms with E-state index in [0.717, 1.165) is 46.6 Å². The van der Waals surface area contributed by atoms with E-state index in [1.807, 2.05) is 32.9 Å². The highest BCUT2D eigenvalue weighted by Gasteiger charge is 2.41. The van der Waals surface area contributed by atoms with Crippen molar-refractivity contribution in [1.82, 2.24) is 5.32 Å². The quantitative estimate of drug-likeness (QED) is 0.389. The second-order valence-electron chi connectivity index (χ2n) is 9.59. The molecule has 2 saturated carbocycles. The Hall–Kier alpha value is -1.08. The van der Waals surface area contributed by atoms with Gasteiger partial charge in [-0.2, -0.15) is 0 Å². The molecule has 0 radical (unpaired) electrons. The first-order valence-electron chi connectivity index (χ1n) is 10.8. The number of hydrogen-bond acceptors (Lipinski definition) is 3. The number of benzene rings is 2. The van der Waals surface area contributed by atoms with Crippen LogP contribution in [0.5, 0.6) is 0 Å². The summed E-state index contributed by atoms with van der Waals surface area (Å²) in [5, 5.41) is 3.05. The molecule has 0 saturated heterocycles. The fourth-order valence-corrected chi connectivity index (χ4v) is 4.44. The number of carbonyl (C=O) groups excluding carboxylic acids is 1. The van der Waals surface area contributed by atoms with E-state index in [1.54, 1.807) is 0 Å². The van der Waals surface area contributed by atoms with Gasteiger partial charge >= 0.3 is 6.09 Å². The number of amides is 1. The van der Waals surface area contributed by atoms with Crippen LogP contribution >= 0.6 is 44.3 Å². The molecule has 2 fully saturated rings. The summed E-state index contributed by atoms with van der Waals surface area (Å²) in [7, 11) is 0. The molecule has 32 heavy (non-hydrogen) atoms. The zero-order valence-electron chi connectivity index (χ0n) is 18.9. The second kappa shape index (κ2) is 10.9. The number of alkyl carbamates (subject to hydrolysis) is 1. The van der Waals surface area contributed by atoms with Gasteiger partial charge in [-0.1, -0.05) is 56.1 Å². The van der Waals surface area contributed by atoms with Crippen LogP contribution in [-0.2, 0) is 15.8 Å². The van der Waals surface area contributed by atoms with Crippen molar-refractivity contribution < 1.29 is 9.53 Å². The minimum Gasteiger partial charge on any atom is -0.444 e. The lowest BCUT2D eigenvalue weighted by molar-refractivity contribution is 0.0377. The Balaban J connectivity index is 0.000000241. The maximum atomic E-state index is 12.0. The van der Waals surface area contributed by atoms with Gasteiger partial charge in [-0.3, -0.25) is 0 Å². The van der Waals surface area contributed by atoms with Crippen molar-refractivity contribution in [3.8, 4) is 0 Å². The predicted molar refractivity (Wildman–Crippen MR) is 140 cm³/mol. The van der Waals surface area contributed by atoms with Crippen LogP contribution in [0.1, 0.15) is 70.4 Å². The van der Waals surface area contributed by atoms with E-state index in [-0.39, 0.29) is 29.6 Å². The van der Waals surface area contributed by atoms with Crippen molar-refractivity contribution in [2.45, 2.75) is 76.0 Å². The minimum absolute atomic E-state index is 0. The highest BCUT2D eigenvalue weighted by molar-refractivity contribution is 9.10. The third kappa shape index (κ3) is 6.96. The van der Waals surface area contributed by atoms with Gasteiger partial charge < -0.3 is 15.8 Å². The molecule has 3 N–H and O–H groups in total. The van der Waals surface area contributed by atoms with Crippen molar-refractivity contribution in [3.05, 3.63) is 68.6 Å². The van der Waals surface area contributed by atoms with Crippen molar-refractivity contribution in [2.24, 2.45) is 5.73 Å². The molecule has 0 aliphatic heterocycles. The van der Waals surface area contributed by atoms with Gasteiger partial charge in [-0.25, -0.2) is 4.79 Å². The highest BCUT2D eigenvalue weighted by Crippen LogP contribution is 2.42. The summed E-state index contributed by atoms with van der Waals surface area (Å²) in [6, 6.07) is 16.5. The number of ether oxygens (including phenoxy) is 1. The number of carbonyl (C=O) groups is 1. The van der Waals surface area contributed by atoms with Gasteiger partial charge in [0.25, 0.3) is 0 Å². The minimum atomic E-state index is -0.464. The van der Waals surface area contributed by atoms with Crippen LogP contribution in [-0.4, -0.2) is 11.7 Å². The fraction of sp³-hybridized carbons (Fsp3) is 0.480. The maximum Gasteiger partial charge on any atom is 0.408 e. The van der Waals surface area contributed by atoms with Crippen LogP contribution in [0.15, 0.2) is 57.5 Å². The third-order valence-electron chi connectivity index (χ3n) is 6.01. The van der Waals surface area contributed by atoms with Gasteiger partial charge in [-0.05, 0) is 94.7 Å². The van der Waals surface area contributed by atoms with Crippen LogP contribution in [0.25, 0.3) is 0 Å². The molecule has 176 valence electrons. The molecule has 0 heterocycles. The van der Waals surface area contributed by atoms with Gasteiger partial charge in [0.15, 0.2) is 0 Å². The zero-order valence-corrected chi connectivity index (χ0v) is 22.9. The molecule has 0 spiro atoms. The number of hydrogen-bond donors (Lipinski definition) is 2. The fourth-order valence-electron chi connectivity index (χ4n) is 3.91. The number of nitrogens with one attached hydrogen (secondary N) is 1. The molecule has 2 aliphatic rings. The molecule has 0 bridgehead atoms. The topological polar surface area (TPSA) is 64.3 Å². The zero-order chi connectivity index (χ0) is 22.7. The summed E-state index contributed by atoms with van der Waals surface area (Å²) in [4.78, 5) is 12.0. The molecule has 4 rings (SSSR count). The number of nitrogens with two attached hydrogens (primary N) is 1. The average molecular weight is 589 g/mol. The summed E-state index contributed by atoms with van der Waals surface area (Å²) in [5.74, 6) is 0. The third-order valence-corrected chi connectivity index (χ3v) is 7.07. The molecule has 0 atom stereocenters. The van der Waals surface area contributed by atoms with E-state index in [1.165, 1.54) is 12.0 Å². The van der Waals surface area contributed by atoms with Crippen LogP contribution in [0.4, 0.5) is 4.79 Å². The monoisotopic (exact) mass is 586 g/mol. The van der Waals surface area contributed by atoms with E-state index < -0.39 is 5.60 Å². The van der Waals surface area contributed by atoms with Crippen LogP contribution in [0.3, 0.4) is 0 Å². The molecule has 2 aromatic carbocycles.